The van der Waals surface area contributed by atoms with E-state index in [9.17, 15) is 9.59 Å². The van der Waals surface area contributed by atoms with Gasteiger partial charge in [-0.15, -0.1) is 0 Å². The lowest BCUT2D eigenvalue weighted by atomic mass is 9.96. The maximum atomic E-state index is 12.8. The van der Waals surface area contributed by atoms with E-state index in [1.807, 2.05) is 58.9 Å². The first-order valence-corrected chi connectivity index (χ1v) is 8.33. The molecule has 0 fully saturated rings. The van der Waals surface area contributed by atoms with Crippen molar-refractivity contribution >= 4 is 11.9 Å². The minimum atomic E-state index is -0.992. The number of carbonyl (C=O) groups is 2. The Hall–Kier alpha value is -2.62. The SMILES string of the molecule is Cc1cccc(C)c1C(OC(=O)c1ccccc1)C(=O)NC(C)(C)C. The van der Waals surface area contributed by atoms with Crippen LogP contribution in [0.2, 0.25) is 0 Å². The van der Waals surface area contributed by atoms with Crippen LogP contribution in [-0.2, 0) is 9.53 Å². The Balaban J connectivity index is 2.39. The molecule has 0 aliphatic rings. The molecule has 0 radical (unpaired) electrons. The number of ether oxygens (including phenoxy) is 1. The van der Waals surface area contributed by atoms with E-state index in [0.29, 0.717) is 5.56 Å². The van der Waals surface area contributed by atoms with Crippen LogP contribution in [0.3, 0.4) is 0 Å². The van der Waals surface area contributed by atoms with Crippen molar-refractivity contribution in [3.63, 3.8) is 0 Å². The largest absolute Gasteiger partial charge is 0.444 e. The van der Waals surface area contributed by atoms with Crippen LogP contribution < -0.4 is 5.32 Å². The van der Waals surface area contributed by atoms with Gasteiger partial charge < -0.3 is 10.1 Å². The number of aryl methyl sites for hydroxylation is 2. The first-order valence-electron chi connectivity index (χ1n) is 8.33. The van der Waals surface area contributed by atoms with Crippen molar-refractivity contribution in [1.82, 2.24) is 5.32 Å². The number of hydrogen-bond acceptors (Lipinski definition) is 3. The zero-order valence-corrected chi connectivity index (χ0v) is 15.4. The van der Waals surface area contributed by atoms with Crippen molar-refractivity contribution in [2.24, 2.45) is 0 Å². The van der Waals surface area contributed by atoms with Gasteiger partial charge in [0, 0.05) is 11.1 Å². The van der Waals surface area contributed by atoms with Crippen LogP contribution in [0.15, 0.2) is 48.5 Å². The minimum absolute atomic E-state index is 0.325. The molecule has 1 amide bonds. The molecule has 25 heavy (non-hydrogen) atoms. The van der Waals surface area contributed by atoms with E-state index in [4.69, 9.17) is 4.74 Å². The Morgan fingerprint density at radius 3 is 2.00 bits per heavy atom. The third kappa shape index (κ3) is 4.92. The summed E-state index contributed by atoms with van der Waals surface area (Å²) in [6.45, 7) is 9.51. The van der Waals surface area contributed by atoms with Crippen molar-refractivity contribution in [3.8, 4) is 0 Å². The van der Waals surface area contributed by atoms with Crippen LogP contribution in [0.25, 0.3) is 0 Å². The zero-order chi connectivity index (χ0) is 18.6. The van der Waals surface area contributed by atoms with Gasteiger partial charge in [-0.05, 0) is 57.9 Å². The molecule has 0 spiro atoms. The Morgan fingerprint density at radius 1 is 0.920 bits per heavy atom. The van der Waals surface area contributed by atoms with Crippen LogP contribution in [0.1, 0.15) is 53.9 Å². The van der Waals surface area contributed by atoms with Gasteiger partial charge in [-0.25, -0.2) is 4.79 Å². The Labute approximate surface area is 149 Å². The third-order valence-electron chi connectivity index (χ3n) is 3.78. The van der Waals surface area contributed by atoms with Crippen molar-refractivity contribution in [2.75, 3.05) is 0 Å². The summed E-state index contributed by atoms with van der Waals surface area (Å²) >= 11 is 0. The highest BCUT2D eigenvalue weighted by Gasteiger charge is 2.30. The van der Waals surface area contributed by atoms with E-state index in [1.54, 1.807) is 24.3 Å². The van der Waals surface area contributed by atoms with E-state index in [2.05, 4.69) is 5.32 Å². The Kier molecular flexibility index (Phi) is 5.62. The topological polar surface area (TPSA) is 55.4 Å². The smallest absolute Gasteiger partial charge is 0.339 e. The van der Waals surface area contributed by atoms with Gasteiger partial charge in [0.05, 0.1) is 5.56 Å². The molecule has 0 saturated heterocycles. The molecule has 132 valence electrons. The third-order valence-corrected chi connectivity index (χ3v) is 3.78. The average Bonchev–Trinajstić information content (AvgIpc) is 2.52. The lowest BCUT2D eigenvalue weighted by Crippen LogP contribution is -2.44. The fourth-order valence-electron chi connectivity index (χ4n) is 2.67. The maximum absolute atomic E-state index is 12.8. The van der Waals surface area contributed by atoms with Crippen LogP contribution >= 0.6 is 0 Å². The number of rotatable bonds is 4. The summed E-state index contributed by atoms with van der Waals surface area (Å²) in [5.41, 5.74) is 2.55. The van der Waals surface area contributed by atoms with Gasteiger partial charge in [0.15, 0.2) is 0 Å². The van der Waals surface area contributed by atoms with Gasteiger partial charge in [-0.3, -0.25) is 4.79 Å². The van der Waals surface area contributed by atoms with Crippen LogP contribution in [0.4, 0.5) is 0 Å². The molecule has 2 aromatic rings. The molecule has 2 aromatic carbocycles. The number of nitrogens with one attached hydrogen (secondary N) is 1. The van der Waals surface area contributed by atoms with Crippen LogP contribution in [-0.4, -0.2) is 17.4 Å². The van der Waals surface area contributed by atoms with Gasteiger partial charge in [0.25, 0.3) is 5.91 Å². The average molecular weight is 339 g/mol. The number of hydrogen-bond donors (Lipinski definition) is 1. The second kappa shape index (κ2) is 7.51. The van der Waals surface area contributed by atoms with Crippen molar-refractivity contribution < 1.29 is 14.3 Å². The van der Waals surface area contributed by atoms with Gasteiger partial charge in [-0.1, -0.05) is 36.4 Å². The monoisotopic (exact) mass is 339 g/mol. The lowest BCUT2D eigenvalue weighted by molar-refractivity contribution is -0.131. The van der Waals surface area contributed by atoms with Gasteiger partial charge in [0.1, 0.15) is 0 Å². The van der Waals surface area contributed by atoms with Crippen molar-refractivity contribution in [2.45, 2.75) is 46.3 Å². The second-order valence-electron chi connectivity index (χ2n) is 7.20. The van der Waals surface area contributed by atoms with E-state index >= 15 is 0 Å². The number of esters is 1. The number of carbonyl (C=O) groups excluding carboxylic acids is 2. The molecular weight excluding hydrogens is 314 g/mol. The first-order chi connectivity index (χ1) is 11.7. The number of benzene rings is 2. The Bertz CT molecular complexity index is 740. The quantitative estimate of drug-likeness (QED) is 0.853. The summed E-state index contributed by atoms with van der Waals surface area (Å²) in [6, 6.07) is 14.4. The van der Waals surface area contributed by atoms with E-state index in [0.717, 1.165) is 16.7 Å². The molecule has 0 aliphatic carbocycles. The summed E-state index contributed by atoms with van der Waals surface area (Å²) in [4.78, 5) is 25.4. The van der Waals surface area contributed by atoms with E-state index in [-0.39, 0.29) is 5.91 Å². The zero-order valence-electron chi connectivity index (χ0n) is 15.4. The molecule has 4 heteroatoms. The molecule has 0 aromatic heterocycles. The standard InChI is InChI=1S/C21H25NO3/c1-14-10-9-11-15(2)17(14)18(19(23)22-21(3,4)5)25-20(24)16-12-7-6-8-13-16/h6-13,18H,1-5H3,(H,22,23). The van der Waals surface area contributed by atoms with Gasteiger partial charge in [-0.2, -0.15) is 0 Å². The number of amides is 1. The summed E-state index contributed by atoms with van der Waals surface area (Å²) in [6.07, 6.45) is -0.992. The molecule has 4 nitrogen and oxygen atoms in total. The predicted molar refractivity (Wildman–Crippen MR) is 98.4 cm³/mol. The molecule has 1 atom stereocenters. The second-order valence-corrected chi connectivity index (χ2v) is 7.20. The normalized spacial score (nSPS) is 12.4. The first kappa shape index (κ1) is 18.7. The maximum Gasteiger partial charge on any atom is 0.339 e. The van der Waals surface area contributed by atoms with Crippen LogP contribution in [0, 0.1) is 13.8 Å². The summed E-state index contributed by atoms with van der Waals surface area (Å²) < 4.78 is 5.64. The molecule has 0 heterocycles. The lowest BCUT2D eigenvalue weighted by Gasteiger charge is -2.26. The van der Waals surface area contributed by atoms with Gasteiger partial charge in [0.2, 0.25) is 6.10 Å². The fraction of sp³-hybridized carbons (Fsp3) is 0.333. The van der Waals surface area contributed by atoms with Crippen LogP contribution in [0.5, 0.6) is 0 Å². The molecule has 1 unspecified atom stereocenters. The summed E-state index contributed by atoms with van der Waals surface area (Å²) in [7, 11) is 0. The molecule has 0 bridgehead atoms. The Morgan fingerprint density at radius 2 is 1.48 bits per heavy atom. The van der Waals surface area contributed by atoms with E-state index in [1.165, 1.54) is 0 Å². The summed E-state index contributed by atoms with van der Waals surface area (Å²) in [5, 5.41) is 2.91. The fourth-order valence-corrected chi connectivity index (χ4v) is 2.67. The highest BCUT2D eigenvalue weighted by molar-refractivity contribution is 5.93. The van der Waals surface area contributed by atoms with E-state index < -0.39 is 17.6 Å². The summed E-state index contributed by atoms with van der Waals surface area (Å²) in [5.74, 6) is -0.841. The highest BCUT2D eigenvalue weighted by Crippen LogP contribution is 2.27. The van der Waals surface area contributed by atoms with Gasteiger partial charge >= 0.3 is 5.97 Å². The minimum Gasteiger partial charge on any atom is -0.444 e. The molecule has 2 rings (SSSR count). The molecular formula is C21H25NO3. The predicted octanol–water partition coefficient (Wildman–Crippen LogP) is 4.12. The molecule has 0 saturated carbocycles. The van der Waals surface area contributed by atoms with Crippen molar-refractivity contribution in [3.05, 3.63) is 70.8 Å². The van der Waals surface area contributed by atoms with Crippen molar-refractivity contribution in [1.29, 1.82) is 0 Å². The highest BCUT2D eigenvalue weighted by atomic mass is 16.5. The molecule has 0 aliphatic heterocycles. The molecule has 1 N–H and O–H groups in total.